The van der Waals surface area contributed by atoms with E-state index in [2.05, 4.69) is 9.71 Å². The first kappa shape index (κ1) is 23.6. The van der Waals surface area contributed by atoms with E-state index in [-0.39, 0.29) is 15.6 Å². The van der Waals surface area contributed by atoms with Crippen molar-refractivity contribution >= 4 is 41.5 Å². The maximum Gasteiger partial charge on any atom is 0.411 e. The number of aryl methyl sites for hydroxylation is 1. The van der Waals surface area contributed by atoms with Crippen molar-refractivity contribution in [3.05, 3.63) is 57.5 Å². The lowest BCUT2D eigenvalue weighted by Crippen LogP contribution is -2.40. The average molecular weight is 455 g/mol. The third kappa shape index (κ3) is 5.47. The minimum absolute atomic E-state index is 0.0670. The largest absolute Gasteiger partial charge is 0.478 e. The monoisotopic (exact) mass is 454 g/mol. The number of nitrogens with two attached hydrogens (primary N) is 1. The van der Waals surface area contributed by atoms with Crippen LogP contribution in [0.3, 0.4) is 0 Å². The number of benzene rings is 1. The number of nitrogens with zero attached hydrogens (tertiary/aromatic N) is 1. The second kappa shape index (κ2) is 9.88. The highest BCUT2D eigenvalue weighted by atomic mass is 35.5. The fraction of sp³-hybridized carbons (Fsp3) is 0.263. The summed E-state index contributed by atoms with van der Waals surface area (Å²) in [6.45, 7) is 5.22. The Morgan fingerprint density at radius 3 is 2.67 bits per heavy atom. The molecule has 1 unspecified atom stereocenters. The zero-order valence-corrected chi connectivity index (χ0v) is 17.9. The van der Waals surface area contributed by atoms with Crippen LogP contribution >= 0.6 is 23.5 Å². The second-order valence-corrected chi connectivity index (χ2v) is 7.75. The molecule has 0 aliphatic carbocycles. The molecule has 0 saturated carbocycles. The first-order valence-corrected chi connectivity index (χ1v) is 9.84. The van der Waals surface area contributed by atoms with Gasteiger partial charge in [-0.25, -0.2) is 23.7 Å². The van der Waals surface area contributed by atoms with Gasteiger partial charge in [-0.15, -0.1) is 0 Å². The lowest BCUT2D eigenvalue weighted by Gasteiger charge is -2.26. The van der Waals surface area contributed by atoms with Crippen LogP contribution < -0.4 is 10.5 Å². The number of hydrogen-bond acceptors (Lipinski definition) is 7. The van der Waals surface area contributed by atoms with Gasteiger partial charge >= 0.3 is 12.1 Å². The second-order valence-electron chi connectivity index (χ2n) is 6.49. The molecular formula is C19H20ClFN4O4S. The number of aromatic carboxylic acids is 1. The van der Waals surface area contributed by atoms with Gasteiger partial charge in [-0.3, -0.25) is 5.41 Å². The van der Waals surface area contributed by atoms with E-state index < -0.39 is 35.7 Å². The van der Waals surface area contributed by atoms with Gasteiger partial charge in [0.05, 0.1) is 10.6 Å². The third-order valence-corrected chi connectivity index (χ3v) is 5.61. The van der Waals surface area contributed by atoms with Crippen molar-refractivity contribution in [1.82, 2.24) is 9.71 Å². The van der Waals surface area contributed by atoms with Gasteiger partial charge in [0.1, 0.15) is 16.9 Å². The highest BCUT2D eigenvalue weighted by Gasteiger charge is 2.30. The number of pyridine rings is 1. The van der Waals surface area contributed by atoms with E-state index in [0.717, 1.165) is 17.5 Å². The molecule has 0 spiro atoms. The predicted molar refractivity (Wildman–Crippen MR) is 112 cm³/mol. The van der Waals surface area contributed by atoms with Crippen LogP contribution in [0, 0.1) is 25.1 Å². The van der Waals surface area contributed by atoms with E-state index in [1.807, 2.05) is 6.92 Å². The van der Waals surface area contributed by atoms with Gasteiger partial charge in [-0.2, -0.15) is 0 Å². The number of nitrogens with one attached hydrogen (secondary N) is 2. The van der Waals surface area contributed by atoms with Crippen molar-refractivity contribution in [2.45, 2.75) is 37.8 Å². The Morgan fingerprint density at radius 2 is 2.07 bits per heavy atom. The first-order chi connectivity index (χ1) is 14.0. The van der Waals surface area contributed by atoms with Gasteiger partial charge in [0.2, 0.25) is 5.90 Å². The fourth-order valence-corrected chi connectivity index (χ4v) is 3.93. The van der Waals surface area contributed by atoms with Crippen molar-refractivity contribution in [2.24, 2.45) is 5.73 Å². The number of halogens is 2. The summed E-state index contributed by atoms with van der Waals surface area (Å²) in [5, 5.41) is 17.7. The number of carbonyl (C=O) groups excluding carboxylic acids is 1. The lowest BCUT2D eigenvalue weighted by molar-refractivity contribution is 0.0692. The fourth-order valence-electron chi connectivity index (χ4n) is 2.87. The quantitative estimate of drug-likeness (QED) is 0.281. The Bertz CT molecular complexity index is 1000. The number of carboxylic acids is 1. The summed E-state index contributed by atoms with van der Waals surface area (Å²) in [4.78, 5) is 26.6. The first-order valence-electron chi connectivity index (χ1n) is 8.65. The van der Waals surface area contributed by atoms with E-state index in [4.69, 9.17) is 27.5 Å². The highest BCUT2D eigenvalue weighted by molar-refractivity contribution is 7.97. The van der Waals surface area contributed by atoms with Gasteiger partial charge < -0.3 is 15.6 Å². The summed E-state index contributed by atoms with van der Waals surface area (Å²) in [6, 6.07) is 3.16. The molecule has 0 saturated heterocycles. The maximum atomic E-state index is 14.6. The van der Waals surface area contributed by atoms with Gasteiger partial charge in [0, 0.05) is 12.1 Å². The Morgan fingerprint density at radius 1 is 1.40 bits per heavy atom. The summed E-state index contributed by atoms with van der Waals surface area (Å²) < 4.78 is 22.2. The van der Waals surface area contributed by atoms with Crippen molar-refractivity contribution in [2.75, 3.05) is 0 Å². The molecule has 1 heterocycles. The number of primary amides is 1. The summed E-state index contributed by atoms with van der Waals surface area (Å²) in [7, 11) is 0. The SMILES string of the molecule is Cc1ccc(F)c([C@@H](C)C(NSc2ncc(Cl)cc2C(=O)O)C(=N)OC(N)=O)c1C. The average Bonchev–Trinajstić information content (AvgIpc) is 2.65. The molecule has 2 rings (SSSR count). The smallest absolute Gasteiger partial charge is 0.411 e. The van der Waals surface area contributed by atoms with Gasteiger partial charge in [-0.1, -0.05) is 24.6 Å². The number of carboxylic acid groups (broad SMARTS) is 1. The Balaban J connectivity index is 2.40. The van der Waals surface area contributed by atoms with Crippen LogP contribution in [0.15, 0.2) is 29.4 Å². The zero-order chi connectivity index (χ0) is 22.6. The zero-order valence-electron chi connectivity index (χ0n) is 16.3. The predicted octanol–water partition coefficient (Wildman–Crippen LogP) is 4.03. The summed E-state index contributed by atoms with van der Waals surface area (Å²) in [6.07, 6.45) is 0.0766. The molecular weight excluding hydrogens is 435 g/mol. The van der Waals surface area contributed by atoms with Crippen LogP contribution in [-0.4, -0.2) is 34.1 Å². The Hall–Kier alpha value is -2.69. The van der Waals surface area contributed by atoms with E-state index >= 15 is 0 Å². The van der Waals surface area contributed by atoms with E-state index in [1.165, 1.54) is 18.3 Å². The molecule has 0 radical (unpaired) electrons. The molecule has 2 aromatic rings. The van der Waals surface area contributed by atoms with Gasteiger partial charge in [0.25, 0.3) is 0 Å². The Labute approximate surface area is 181 Å². The molecule has 0 bridgehead atoms. The van der Waals surface area contributed by atoms with Crippen molar-refractivity contribution < 1.29 is 23.8 Å². The number of ether oxygens (including phenoxy) is 1. The van der Waals surface area contributed by atoms with Gasteiger partial charge in [0.15, 0.2) is 0 Å². The van der Waals surface area contributed by atoms with E-state index in [9.17, 15) is 19.1 Å². The summed E-state index contributed by atoms with van der Waals surface area (Å²) >= 11 is 6.60. The van der Waals surface area contributed by atoms with Gasteiger partial charge in [-0.05, 0) is 54.6 Å². The van der Waals surface area contributed by atoms with E-state index in [0.29, 0.717) is 11.1 Å². The number of hydrogen-bond donors (Lipinski definition) is 4. The third-order valence-electron chi connectivity index (χ3n) is 4.51. The molecule has 1 amide bonds. The normalized spacial score (nSPS) is 12.8. The molecule has 160 valence electrons. The number of carbonyl (C=O) groups is 2. The number of aromatic nitrogens is 1. The van der Waals surface area contributed by atoms with Crippen LogP contribution in [0.2, 0.25) is 5.02 Å². The molecule has 1 aromatic carbocycles. The molecule has 1 aromatic heterocycles. The molecule has 5 N–H and O–H groups in total. The van der Waals surface area contributed by atoms with Crippen LogP contribution in [0.5, 0.6) is 0 Å². The lowest BCUT2D eigenvalue weighted by atomic mass is 9.88. The van der Waals surface area contributed by atoms with Crippen molar-refractivity contribution in [1.29, 1.82) is 5.41 Å². The molecule has 0 aliphatic heterocycles. The van der Waals surface area contributed by atoms with Crippen LogP contribution in [0.4, 0.5) is 9.18 Å². The topological polar surface area (TPSA) is 138 Å². The molecule has 30 heavy (non-hydrogen) atoms. The van der Waals surface area contributed by atoms with Crippen LogP contribution in [0.1, 0.15) is 39.9 Å². The molecule has 11 heteroatoms. The van der Waals surface area contributed by atoms with Crippen LogP contribution in [0.25, 0.3) is 0 Å². The summed E-state index contributed by atoms with van der Waals surface area (Å²) in [5.41, 5.74) is 6.72. The van der Waals surface area contributed by atoms with Crippen molar-refractivity contribution in [3.8, 4) is 0 Å². The maximum absolute atomic E-state index is 14.6. The summed E-state index contributed by atoms with van der Waals surface area (Å²) in [5.74, 6) is -2.95. The van der Waals surface area contributed by atoms with Crippen LogP contribution in [-0.2, 0) is 4.74 Å². The molecule has 0 aliphatic rings. The van der Waals surface area contributed by atoms with E-state index in [1.54, 1.807) is 19.9 Å². The molecule has 2 atom stereocenters. The Kier molecular flexibility index (Phi) is 7.77. The highest BCUT2D eigenvalue weighted by Crippen LogP contribution is 2.31. The van der Waals surface area contributed by atoms with Crippen molar-refractivity contribution in [3.63, 3.8) is 0 Å². The number of rotatable bonds is 7. The molecule has 0 fully saturated rings. The standard InChI is InChI=1S/C19H20ClFN4O4S/c1-8-4-5-13(21)14(9(8)2)10(3)15(16(22)29-19(23)28)25-30-17-12(18(26)27)6-11(20)7-24-17/h4-7,10,15,22,25H,1-3H3,(H2,23,28)(H,26,27)/t10-,15?/m1/s1. The molecule has 8 nitrogen and oxygen atoms in total. The minimum Gasteiger partial charge on any atom is -0.478 e. The number of amides is 1. The minimum atomic E-state index is -1.25.